The summed E-state index contributed by atoms with van der Waals surface area (Å²) in [4.78, 5) is 10.8. The second-order valence-corrected chi connectivity index (χ2v) is 3.87. The lowest BCUT2D eigenvalue weighted by atomic mass is 9.92. The van der Waals surface area contributed by atoms with Gasteiger partial charge in [0.15, 0.2) is 0 Å². The number of aliphatic carboxylic acids is 1. The van der Waals surface area contributed by atoms with Gasteiger partial charge in [0.05, 0.1) is 18.1 Å². The Hall–Kier alpha value is -1.51. The molecule has 1 aliphatic rings. The summed E-state index contributed by atoms with van der Waals surface area (Å²) in [6.07, 6.45) is 5.95. The standard InChI is InChI=1S/C12H16O3/c1-8(2)4-5-11-10(6-7-15-11)9(3)12(13)14/h5-7,9-10H,1,4H2,2-3H3,(H,13,14). The van der Waals surface area contributed by atoms with E-state index in [1.54, 1.807) is 19.3 Å². The molecular formula is C12H16O3. The highest BCUT2D eigenvalue weighted by molar-refractivity contribution is 5.70. The van der Waals surface area contributed by atoms with Crippen molar-refractivity contribution in [2.24, 2.45) is 11.8 Å². The van der Waals surface area contributed by atoms with Gasteiger partial charge in [-0.2, -0.15) is 0 Å². The molecule has 0 radical (unpaired) electrons. The smallest absolute Gasteiger partial charge is 0.307 e. The molecule has 2 atom stereocenters. The number of hydrogen-bond donors (Lipinski definition) is 1. The van der Waals surface area contributed by atoms with Crippen LogP contribution in [0.3, 0.4) is 0 Å². The Bertz CT molecular complexity index is 326. The Morgan fingerprint density at radius 1 is 1.80 bits per heavy atom. The molecule has 2 unspecified atom stereocenters. The van der Waals surface area contributed by atoms with Crippen molar-refractivity contribution < 1.29 is 14.6 Å². The van der Waals surface area contributed by atoms with Gasteiger partial charge >= 0.3 is 5.97 Å². The van der Waals surface area contributed by atoms with Crippen LogP contribution in [0, 0.1) is 11.8 Å². The predicted octanol–water partition coefficient (Wildman–Crippen LogP) is 2.72. The molecule has 1 rings (SSSR count). The van der Waals surface area contributed by atoms with Gasteiger partial charge in [0.1, 0.15) is 5.76 Å². The van der Waals surface area contributed by atoms with Crippen molar-refractivity contribution >= 4 is 5.97 Å². The maximum Gasteiger partial charge on any atom is 0.307 e. The lowest BCUT2D eigenvalue weighted by Crippen LogP contribution is -2.19. The van der Waals surface area contributed by atoms with E-state index in [1.165, 1.54) is 0 Å². The zero-order chi connectivity index (χ0) is 11.4. The van der Waals surface area contributed by atoms with Gasteiger partial charge in [-0.25, -0.2) is 0 Å². The van der Waals surface area contributed by atoms with Crippen LogP contribution in [0.4, 0.5) is 0 Å². The fraction of sp³-hybridized carbons (Fsp3) is 0.417. The molecule has 0 aromatic heterocycles. The minimum atomic E-state index is -0.809. The number of rotatable bonds is 4. The summed E-state index contributed by atoms with van der Waals surface area (Å²) in [5.41, 5.74) is 1.03. The Labute approximate surface area is 89.7 Å². The van der Waals surface area contributed by atoms with E-state index in [0.717, 1.165) is 12.0 Å². The third-order valence-corrected chi connectivity index (χ3v) is 2.40. The number of allylic oxidation sites excluding steroid dienone is 3. The van der Waals surface area contributed by atoms with Gasteiger partial charge in [-0.3, -0.25) is 4.79 Å². The molecule has 3 heteroatoms. The van der Waals surface area contributed by atoms with Crippen molar-refractivity contribution in [3.63, 3.8) is 0 Å². The molecule has 0 fully saturated rings. The van der Waals surface area contributed by atoms with Crippen LogP contribution in [-0.2, 0) is 9.53 Å². The minimum absolute atomic E-state index is 0.151. The second kappa shape index (κ2) is 4.82. The summed E-state index contributed by atoms with van der Waals surface area (Å²) in [6, 6.07) is 0. The summed E-state index contributed by atoms with van der Waals surface area (Å²) in [5.74, 6) is -0.703. The topological polar surface area (TPSA) is 46.5 Å². The predicted molar refractivity (Wildman–Crippen MR) is 58.0 cm³/mol. The molecule has 0 aromatic rings. The van der Waals surface area contributed by atoms with Crippen LogP contribution in [0.25, 0.3) is 0 Å². The SMILES string of the molecule is C=C(C)CC=C1OC=CC1C(C)C(=O)O. The van der Waals surface area contributed by atoms with E-state index in [4.69, 9.17) is 9.84 Å². The molecule has 0 aromatic carbocycles. The summed E-state index contributed by atoms with van der Waals surface area (Å²) in [7, 11) is 0. The Balaban J connectivity index is 2.71. The molecule has 0 spiro atoms. The summed E-state index contributed by atoms with van der Waals surface area (Å²) in [5, 5.41) is 8.90. The fourth-order valence-corrected chi connectivity index (χ4v) is 1.40. The molecule has 82 valence electrons. The second-order valence-electron chi connectivity index (χ2n) is 3.87. The molecule has 0 bridgehead atoms. The monoisotopic (exact) mass is 208 g/mol. The molecule has 0 amide bonds. The fourth-order valence-electron chi connectivity index (χ4n) is 1.40. The van der Waals surface area contributed by atoms with Crippen molar-refractivity contribution in [3.05, 3.63) is 36.3 Å². The highest BCUT2D eigenvalue weighted by Gasteiger charge is 2.28. The van der Waals surface area contributed by atoms with E-state index >= 15 is 0 Å². The van der Waals surface area contributed by atoms with Gasteiger partial charge in [0, 0.05) is 0 Å². The van der Waals surface area contributed by atoms with Crippen LogP contribution in [0.2, 0.25) is 0 Å². The number of ether oxygens (including phenoxy) is 1. The lowest BCUT2D eigenvalue weighted by molar-refractivity contribution is -0.142. The van der Waals surface area contributed by atoms with Crippen LogP contribution in [0.15, 0.2) is 36.3 Å². The molecule has 1 aliphatic heterocycles. The van der Waals surface area contributed by atoms with E-state index in [9.17, 15) is 4.79 Å². The number of carbonyl (C=O) groups is 1. The van der Waals surface area contributed by atoms with Crippen LogP contribution in [0.5, 0.6) is 0 Å². The van der Waals surface area contributed by atoms with Crippen molar-refractivity contribution in [3.8, 4) is 0 Å². The first-order valence-electron chi connectivity index (χ1n) is 4.93. The zero-order valence-electron chi connectivity index (χ0n) is 9.06. The summed E-state index contributed by atoms with van der Waals surface area (Å²) in [6.45, 7) is 7.39. The van der Waals surface area contributed by atoms with Crippen molar-refractivity contribution in [1.29, 1.82) is 0 Å². The first-order chi connectivity index (χ1) is 7.02. The summed E-state index contributed by atoms with van der Waals surface area (Å²) >= 11 is 0. The van der Waals surface area contributed by atoms with E-state index < -0.39 is 11.9 Å². The molecule has 3 nitrogen and oxygen atoms in total. The van der Waals surface area contributed by atoms with Gasteiger partial charge < -0.3 is 9.84 Å². The largest absolute Gasteiger partial charge is 0.481 e. The first kappa shape index (κ1) is 11.6. The quantitative estimate of drug-likeness (QED) is 0.722. The maximum atomic E-state index is 10.8. The maximum absolute atomic E-state index is 10.8. The zero-order valence-corrected chi connectivity index (χ0v) is 9.06. The number of carboxylic acid groups (broad SMARTS) is 1. The molecular weight excluding hydrogens is 192 g/mol. The number of hydrogen-bond acceptors (Lipinski definition) is 2. The molecule has 15 heavy (non-hydrogen) atoms. The molecule has 1 N–H and O–H groups in total. The Morgan fingerprint density at radius 2 is 2.47 bits per heavy atom. The van der Waals surface area contributed by atoms with Crippen LogP contribution in [0.1, 0.15) is 20.3 Å². The molecule has 0 saturated heterocycles. The van der Waals surface area contributed by atoms with E-state index in [2.05, 4.69) is 6.58 Å². The summed E-state index contributed by atoms with van der Waals surface area (Å²) < 4.78 is 5.26. The molecule has 0 aliphatic carbocycles. The Morgan fingerprint density at radius 3 is 3.00 bits per heavy atom. The normalized spacial score (nSPS) is 23.9. The van der Waals surface area contributed by atoms with Gasteiger partial charge in [-0.1, -0.05) is 19.1 Å². The molecule has 0 saturated carbocycles. The van der Waals surface area contributed by atoms with Crippen LogP contribution < -0.4 is 0 Å². The average Bonchev–Trinajstić information content (AvgIpc) is 2.60. The lowest BCUT2D eigenvalue weighted by Gasteiger charge is -2.14. The van der Waals surface area contributed by atoms with Gasteiger partial charge in [-0.05, 0) is 25.5 Å². The van der Waals surface area contributed by atoms with Crippen molar-refractivity contribution in [1.82, 2.24) is 0 Å². The van der Waals surface area contributed by atoms with Gasteiger partial charge in [0.25, 0.3) is 0 Å². The number of carboxylic acids is 1. The van der Waals surface area contributed by atoms with Gasteiger partial charge in [-0.15, -0.1) is 0 Å². The third-order valence-electron chi connectivity index (χ3n) is 2.40. The van der Waals surface area contributed by atoms with E-state index in [1.807, 2.05) is 13.0 Å². The molecule has 1 heterocycles. The first-order valence-corrected chi connectivity index (χ1v) is 4.93. The average molecular weight is 208 g/mol. The van der Waals surface area contributed by atoms with Crippen molar-refractivity contribution in [2.45, 2.75) is 20.3 Å². The van der Waals surface area contributed by atoms with E-state index in [0.29, 0.717) is 5.76 Å². The van der Waals surface area contributed by atoms with E-state index in [-0.39, 0.29) is 5.92 Å². The highest BCUT2D eigenvalue weighted by atomic mass is 16.5. The highest BCUT2D eigenvalue weighted by Crippen LogP contribution is 2.29. The Kier molecular flexibility index (Phi) is 3.72. The minimum Gasteiger partial charge on any atom is -0.481 e. The van der Waals surface area contributed by atoms with Gasteiger partial charge in [0.2, 0.25) is 0 Å². The third kappa shape index (κ3) is 2.98. The van der Waals surface area contributed by atoms with Crippen LogP contribution >= 0.6 is 0 Å². The van der Waals surface area contributed by atoms with Crippen molar-refractivity contribution in [2.75, 3.05) is 0 Å². The van der Waals surface area contributed by atoms with Crippen LogP contribution in [-0.4, -0.2) is 11.1 Å².